The average molecular weight is 357 g/mol. The van der Waals surface area contributed by atoms with Gasteiger partial charge in [0.05, 0.1) is 12.4 Å². The summed E-state index contributed by atoms with van der Waals surface area (Å²) in [4.78, 5) is 4.44. The minimum absolute atomic E-state index is 0. The van der Waals surface area contributed by atoms with Gasteiger partial charge in [-0.15, -0.1) is 12.4 Å². The minimum atomic E-state index is 0. The van der Waals surface area contributed by atoms with Gasteiger partial charge in [0.1, 0.15) is 0 Å². The van der Waals surface area contributed by atoms with Gasteiger partial charge in [0.25, 0.3) is 0 Å². The highest BCUT2D eigenvalue weighted by molar-refractivity contribution is 5.85. The maximum atomic E-state index is 4.44. The van der Waals surface area contributed by atoms with Crippen molar-refractivity contribution in [2.75, 3.05) is 13.1 Å². The normalized spacial score (nSPS) is 13.8. The zero-order valence-corrected chi connectivity index (χ0v) is 16.8. The number of amidine groups is 1. The SMILES string of the molecule is CCCCCCCC/C=C\CCCCCCCCC1=NCCN1.Cl. The summed E-state index contributed by atoms with van der Waals surface area (Å²) in [5.41, 5.74) is 0. The zero-order valence-electron chi connectivity index (χ0n) is 16.0. The summed E-state index contributed by atoms with van der Waals surface area (Å²) in [7, 11) is 0. The summed E-state index contributed by atoms with van der Waals surface area (Å²) < 4.78 is 0. The third kappa shape index (κ3) is 15.1. The van der Waals surface area contributed by atoms with Crippen LogP contribution in [-0.2, 0) is 0 Å². The molecule has 0 bridgehead atoms. The molecule has 1 heterocycles. The van der Waals surface area contributed by atoms with E-state index >= 15 is 0 Å². The summed E-state index contributed by atoms with van der Waals surface area (Å²) in [5, 5.41) is 3.35. The van der Waals surface area contributed by atoms with Crippen molar-refractivity contribution in [3.63, 3.8) is 0 Å². The maximum Gasteiger partial charge on any atom is 0.0964 e. The third-order valence-electron chi connectivity index (χ3n) is 4.67. The van der Waals surface area contributed by atoms with Crippen LogP contribution in [0, 0.1) is 0 Å². The van der Waals surface area contributed by atoms with Gasteiger partial charge >= 0.3 is 0 Å². The first-order valence-electron chi connectivity index (χ1n) is 10.4. The predicted octanol–water partition coefficient (Wildman–Crippen LogP) is 6.84. The molecule has 1 N–H and O–H groups in total. The predicted molar refractivity (Wildman–Crippen MR) is 112 cm³/mol. The van der Waals surface area contributed by atoms with E-state index in [1.807, 2.05) is 0 Å². The molecule has 0 aromatic carbocycles. The molecule has 24 heavy (non-hydrogen) atoms. The van der Waals surface area contributed by atoms with Crippen LogP contribution in [0.15, 0.2) is 17.1 Å². The van der Waals surface area contributed by atoms with Gasteiger partial charge in [0, 0.05) is 13.0 Å². The van der Waals surface area contributed by atoms with Gasteiger partial charge in [-0.25, -0.2) is 0 Å². The van der Waals surface area contributed by atoms with E-state index in [2.05, 4.69) is 29.4 Å². The van der Waals surface area contributed by atoms with Gasteiger partial charge in [-0.2, -0.15) is 0 Å². The largest absolute Gasteiger partial charge is 0.372 e. The number of nitrogens with one attached hydrogen (secondary N) is 1. The Morgan fingerprint density at radius 2 is 1.33 bits per heavy atom. The van der Waals surface area contributed by atoms with Crippen molar-refractivity contribution in [1.29, 1.82) is 0 Å². The molecule has 0 atom stereocenters. The summed E-state index contributed by atoms with van der Waals surface area (Å²) in [5.74, 6) is 1.25. The van der Waals surface area contributed by atoms with E-state index < -0.39 is 0 Å². The number of allylic oxidation sites excluding steroid dienone is 2. The van der Waals surface area contributed by atoms with Gasteiger partial charge in [-0.3, -0.25) is 4.99 Å². The quantitative estimate of drug-likeness (QED) is 0.237. The molecule has 142 valence electrons. The van der Waals surface area contributed by atoms with Crippen LogP contribution in [0.1, 0.15) is 103 Å². The summed E-state index contributed by atoms with van der Waals surface area (Å²) in [6.45, 7) is 4.33. The summed E-state index contributed by atoms with van der Waals surface area (Å²) >= 11 is 0. The molecule has 0 radical (unpaired) electrons. The Morgan fingerprint density at radius 3 is 1.88 bits per heavy atom. The standard InChI is InChI=1S/C21H40N2.ClH/c1-2-3-4-5-6-7-8-9-10-11-12-13-14-15-16-17-18-21-22-19-20-23-21;/h9-10H,2-8,11-20H2,1H3,(H,22,23);1H/b10-9-;. The molecule has 2 nitrogen and oxygen atoms in total. The second kappa shape index (κ2) is 18.8. The number of aliphatic imine (C=N–C) groups is 1. The first-order valence-corrected chi connectivity index (χ1v) is 10.4. The number of hydrogen-bond acceptors (Lipinski definition) is 2. The van der Waals surface area contributed by atoms with Crippen LogP contribution >= 0.6 is 12.4 Å². The molecule has 0 spiro atoms. The van der Waals surface area contributed by atoms with Gasteiger partial charge < -0.3 is 5.32 Å². The van der Waals surface area contributed by atoms with Crippen molar-refractivity contribution in [2.45, 2.75) is 103 Å². The van der Waals surface area contributed by atoms with Gasteiger partial charge in [0.2, 0.25) is 0 Å². The lowest BCUT2D eigenvalue weighted by Crippen LogP contribution is -2.17. The highest BCUT2D eigenvalue weighted by Crippen LogP contribution is 2.11. The van der Waals surface area contributed by atoms with Crippen LogP contribution in [0.2, 0.25) is 0 Å². The molecule has 0 unspecified atom stereocenters. The second-order valence-electron chi connectivity index (χ2n) is 6.94. The average Bonchev–Trinajstić information content (AvgIpc) is 3.08. The highest BCUT2D eigenvalue weighted by atomic mass is 35.5. The molecule has 0 aromatic rings. The molecule has 3 heteroatoms. The molecule has 0 amide bonds. The monoisotopic (exact) mass is 356 g/mol. The van der Waals surface area contributed by atoms with Crippen molar-refractivity contribution < 1.29 is 0 Å². The van der Waals surface area contributed by atoms with E-state index in [0.29, 0.717) is 0 Å². The van der Waals surface area contributed by atoms with E-state index in [1.54, 1.807) is 0 Å². The van der Waals surface area contributed by atoms with Gasteiger partial charge in [0.15, 0.2) is 0 Å². The Morgan fingerprint density at radius 1 is 0.792 bits per heavy atom. The lowest BCUT2D eigenvalue weighted by Gasteiger charge is -2.02. The van der Waals surface area contributed by atoms with Crippen LogP contribution in [0.3, 0.4) is 0 Å². The lowest BCUT2D eigenvalue weighted by atomic mass is 10.1. The Kier molecular flexibility index (Phi) is 18.4. The summed E-state index contributed by atoms with van der Waals surface area (Å²) in [6.07, 6.45) is 25.3. The lowest BCUT2D eigenvalue weighted by molar-refractivity contribution is 0.600. The topological polar surface area (TPSA) is 24.4 Å². The molecular formula is C21H41ClN2. The van der Waals surface area contributed by atoms with E-state index in [9.17, 15) is 0 Å². The van der Waals surface area contributed by atoms with Crippen LogP contribution in [0.4, 0.5) is 0 Å². The van der Waals surface area contributed by atoms with Crippen LogP contribution < -0.4 is 5.32 Å². The Labute approximate surface area is 157 Å². The van der Waals surface area contributed by atoms with Crippen LogP contribution in [0.25, 0.3) is 0 Å². The van der Waals surface area contributed by atoms with Gasteiger partial charge in [-0.05, 0) is 32.1 Å². The van der Waals surface area contributed by atoms with Crippen molar-refractivity contribution in [1.82, 2.24) is 5.32 Å². The zero-order chi connectivity index (χ0) is 16.4. The number of hydrogen-bond donors (Lipinski definition) is 1. The second-order valence-corrected chi connectivity index (χ2v) is 6.94. The summed E-state index contributed by atoms with van der Waals surface area (Å²) in [6, 6.07) is 0. The number of nitrogens with zero attached hydrogens (tertiary/aromatic N) is 1. The van der Waals surface area contributed by atoms with E-state index in [-0.39, 0.29) is 12.4 Å². The van der Waals surface area contributed by atoms with E-state index in [4.69, 9.17) is 0 Å². The molecule has 1 rings (SSSR count). The molecule has 0 aliphatic carbocycles. The number of halogens is 1. The Balaban J connectivity index is 0.00000529. The van der Waals surface area contributed by atoms with Crippen LogP contribution in [0.5, 0.6) is 0 Å². The van der Waals surface area contributed by atoms with Crippen molar-refractivity contribution in [3.8, 4) is 0 Å². The van der Waals surface area contributed by atoms with Crippen LogP contribution in [-0.4, -0.2) is 18.9 Å². The van der Waals surface area contributed by atoms with E-state index in [0.717, 1.165) is 13.1 Å². The molecule has 0 saturated heterocycles. The Hall–Kier alpha value is -0.500. The molecule has 1 aliphatic rings. The van der Waals surface area contributed by atoms with Gasteiger partial charge in [-0.1, -0.05) is 76.9 Å². The van der Waals surface area contributed by atoms with Crippen molar-refractivity contribution in [2.24, 2.45) is 4.99 Å². The molecular weight excluding hydrogens is 316 g/mol. The Bertz CT molecular complexity index is 313. The van der Waals surface area contributed by atoms with E-state index in [1.165, 1.54) is 102 Å². The van der Waals surface area contributed by atoms with Crippen molar-refractivity contribution >= 4 is 18.2 Å². The fourth-order valence-electron chi connectivity index (χ4n) is 3.15. The number of rotatable bonds is 16. The minimum Gasteiger partial charge on any atom is -0.372 e. The maximum absolute atomic E-state index is 4.44. The molecule has 0 aromatic heterocycles. The molecule has 0 saturated carbocycles. The molecule has 1 aliphatic heterocycles. The number of unbranched alkanes of at least 4 members (excludes halogenated alkanes) is 12. The first kappa shape index (κ1) is 23.5. The fraction of sp³-hybridized carbons (Fsp3) is 0.857. The highest BCUT2D eigenvalue weighted by Gasteiger charge is 2.03. The fourth-order valence-corrected chi connectivity index (χ4v) is 3.15. The van der Waals surface area contributed by atoms with Crippen molar-refractivity contribution in [3.05, 3.63) is 12.2 Å². The third-order valence-corrected chi connectivity index (χ3v) is 4.67. The first-order chi connectivity index (χ1) is 11.4. The smallest absolute Gasteiger partial charge is 0.0964 e. The molecule has 0 fully saturated rings.